The van der Waals surface area contributed by atoms with E-state index in [9.17, 15) is 4.79 Å². The number of nitrogens with zero attached hydrogens (tertiary/aromatic N) is 3. The minimum atomic E-state index is 0.116. The molecule has 2 N–H and O–H groups in total. The highest BCUT2D eigenvalue weighted by atomic mass is 16.2. The summed E-state index contributed by atoms with van der Waals surface area (Å²) in [7, 11) is 0. The van der Waals surface area contributed by atoms with E-state index in [1.54, 1.807) is 0 Å². The van der Waals surface area contributed by atoms with E-state index in [1.165, 1.54) is 30.4 Å². The maximum atomic E-state index is 12.2. The molecule has 0 saturated heterocycles. The van der Waals surface area contributed by atoms with E-state index in [1.807, 2.05) is 19.1 Å². The van der Waals surface area contributed by atoms with Crippen LogP contribution in [0.2, 0.25) is 0 Å². The van der Waals surface area contributed by atoms with Crippen LogP contribution in [-0.4, -0.2) is 53.2 Å². The van der Waals surface area contributed by atoms with Crippen LogP contribution in [0.4, 0.5) is 0 Å². The molecule has 2 aliphatic rings. The summed E-state index contributed by atoms with van der Waals surface area (Å²) in [6.07, 6.45) is 4.85. The minimum absolute atomic E-state index is 0.116. The number of amides is 1. The van der Waals surface area contributed by atoms with Crippen molar-refractivity contribution in [3.8, 4) is 11.3 Å². The molecule has 1 amide bonds. The third kappa shape index (κ3) is 4.75. The molecule has 4 rings (SSSR count). The first-order valence-corrected chi connectivity index (χ1v) is 10.3. The third-order valence-electron chi connectivity index (χ3n) is 5.74. The molecule has 1 fully saturated rings. The second kappa shape index (κ2) is 8.80. The average molecular weight is 380 g/mol. The number of aryl methyl sites for hydroxylation is 1. The van der Waals surface area contributed by atoms with Crippen molar-refractivity contribution in [2.75, 3.05) is 26.2 Å². The second-order valence-electron chi connectivity index (χ2n) is 7.94. The Morgan fingerprint density at radius 3 is 2.79 bits per heavy atom. The first-order valence-electron chi connectivity index (χ1n) is 10.3. The smallest absolute Gasteiger partial charge is 0.234 e. The van der Waals surface area contributed by atoms with Gasteiger partial charge in [0.15, 0.2) is 0 Å². The van der Waals surface area contributed by atoms with Gasteiger partial charge < -0.3 is 10.6 Å². The molecule has 0 spiro atoms. The van der Waals surface area contributed by atoms with Crippen molar-refractivity contribution in [3.05, 3.63) is 47.2 Å². The summed E-state index contributed by atoms with van der Waals surface area (Å²) >= 11 is 0. The molecule has 6 heteroatoms. The van der Waals surface area contributed by atoms with Crippen LogP contribution < -0.4 is 10.6 Å². The van der Waals surface area contributed by atoms with Gasteiger partial charge in [0.25, 0.3) is 0 Å². The summed E-state index contributed by atoms with van der Waals surface area (Å²) in [5.41, 5.74) is 5.59. The van der Waals surface area contributed by atoms with E-state index in [2.05, 4.69) is 43.9 Å². The standard InChI is InChI=1S/C22H29N5O/c1-16-5-8-21(26-25-16)18-6-7-19-14-27(12-9-17(19)13-18)15-22(28)24-11-10-23-20-3-2-4-20/h5-8,13,20,23H,2-4,9-12,14-15H2,1H3,(H,24,28). The maximum Gasteiger partial charge on any atom is 0.234 e. The van der Waals surface area contributed by atoms with Crippen LogP contribution in [0.1, 0.15) is 36.1 Å². The topological polar surface area (TPSA) is 70.2 Å². The maximum absolute atomic E-state index is 12.2. The van der Waals surface area contributed by atoms with Gasteiger partial charge in [0.05, 0.1) is 17.9 Å². The lowest BCUT2D eigenvalue weighted by Gasteiger charge is -2.29. The zero-order valence-corrected chi connectivity index (χ0v) is 16.6. The predicted octanol–water partition coefficient (Wildman–Crippen LogP) is 2.07. The molecule has 1 aromatic heterocycles. The Labute approximate surface area is 166 Å². The van der Waals surface area contributed by atoms with E-state index >= 15 is 0 Å². The number of benzene rings is 1. The van der Waals surface area contributed by atoms with Gasteiger partial charge in [-0.1, -0.05) is 18.6 Å². The van der Waals surface area contributed by atoms with Crippen LogP contribution in [0.3, 0.4) is 0 Å². The summed E-state index contributed by atoms with van der Waals surface area (Å²) in [5.74, 6) is 0.116. The molecule has 148 valence electrons. The first-order chi connectivity index (χ1) is 13.7. The Bertz CT molecular complexity index is 816. The average Bonchev–Trinajstić information content (AvgIpc) is 2.66. The van der Waals surface area contributed by atoms with Gasteiger partial charge in [0, 0.05) is 37.8 Å². The fourth-order valence-electron chi connectivity index (χ4n) is 3.81. The highest BCUT2D eigenvalue weighted by Crippen LogP contribution is 2.25. The lowest BCUT2D eigenvalue weighted by atomic mass is 9.93. The molecule has 1 aliphatic heterocycles. The molecule has 1 aromatic carbocycles. The SMILES string of the molecule is Cc1ccc(-c2ccc3c(c2)CCN(CC(=O)NCCNC2CCC2)C3)nn1. The largest absolute Gasteiger partial charge is 0.354 e. The number of nitrogens with one attached hydrogen (secondary N) is 2. The fraction of sp³-hybridized carbons (Fsp3) is 0.500. The lowest BCUT2D eigenvalue weighted by molar-refractivity contribution is -0.122. The Morgan fingerprint density at radius 1 is 1.14 bits per heavy atom. The second-order valence-corrected chi connectivity index (χ2v) is 7.94. The molecular formula is C22H29N5O. The van der Waals surface area contributed by atoms with Crippen LogP contribution in [0.25, 0.3) is 11.3 Å². The van der Waals surface area contributed by atoms with E-state index in [0.717, 1.165) is 43.0 Å². The third-order valence-corrected chi connectivity index (χ3v) is 5.74. The Morgan fingerprint density at radius 2 is 2.04 bits per heavy atom. The summed E-state index contributed by atoms with van der Waals surface area (Å²) in [4.78, 5) is 14.4. The van der Waals surface area contributed by atoms with Crippen LogP contribution in [0.15, 0.2) is 30.3 Å². The van der Waals surface area contributed by atoms with Gasteiger partial charge in [-0.25, -0.2) is 0 Å². The van der Waals surface area contributed by atoms with E-state index in [-0.39, 0.29) is 5.91 Å². The van der Waals surface area contributed by atoms with Crippen LogP contribution in [-0.2, 0) is 17.8 Å². The summed E-state index contributed by atoms with van der Waals surface area (Å²) in [5, 5.41) is 15.0. The molecule has 0 radical (unpaired) electrons. The van der Waals surface area contributed by atoms with E-state index in [4.69, 9.17) is 0 Å². The molecule has 0 bridgehead atoms. The summed E-state index contributed by atoms with van der Waals surface area (Å²) in [6.45, 7) is 5.71. The number of carbonyl (C=O) groups is 1. The highest BCUT2D eigenvalue weighted by Gasteiger charge is 2.19. The summed E-state index contributed by atoms with van der Waals surface area (Å²) in [6, 6.07) is 11.2. The van der Waals surface area contributed by atoms with Crippen molar-refractivity contribution in [2.24, 2.45) is 0 Å². The number of carbonyl (C=O) groups excluding carboxylic acids is 1. The van der Waals surface area contributed by atoms with Gasteiger partial charge in [0.2, 0.25) is 5.91 Å². The van der Waals surface area contributed by atoms with Crippen LogP contribution in [0.5, 0.6) is 0 Å². The predicted molar refractivity (Wildman–Crippen MR) is 110 cm³/mol. The quantitative estimate of drug-likeness (QED) is 0.721. The summed E-state index contributed by atoms with van der Waals surface area (Å²) < 4.78 is 0. The van der Waals surface area contributed by atoms with Crippen molar-refractivity contribution in [1.29, 1.82) is 0 Å². The molecule has 1 aliphatic carbocycles. The van der Waals surface area contributed by atoms with Crippen LogP contribution in [0, 0.1) is 6.92 Å². The fourth-order valence-corrected chi connectivity index (χ4v) is 3.81. The normalized spacial score (nSPS) is 17.0. The van der Waals surface area contributed by atoms with Crippen LogP contribution >= 0.6 is 0 Å². The van der Waals surface area contributed by atoms with E-state index in [0.29, 0.717) is 19.1 Å². The number of aromatic nitrogens is 2. The van der Waals surface area contributed by atoms with Gasteiger partial charge in [0.1, 0.15) is 0 Å². The van der Waals surface area contributed by atoms with Gasteiger partial charge in [-0.2, -0.15) is 10.2 Å². The molecule has 0 unspecified atom stereocenters. The first kappa shape index (κ1) is 19.0. The van der Waals surface area contributed by atoms with Crippen molar-refractivity contribution in [3.63, 3.8) is 0 Å². The highest BCUT2D eigenvalue weighted by molar-refractivity contribution is 5.78. The minimum Gasteiger partial charge on any atom is -0.354 e. The Balaban J connectivity index is 1.27. The molecule has 2 aromatic rings. The van der Waals surface area contributed by atoms with Gasteiger partial charge in [-0.05, 0) is 55.5 Å². The van der Waals surface area contributed by atoms with Gasteiger partial charge in [-0.3, -0.25) is 9.69 Å². The van der Waals surface area contributed by atoms with Crippen molar-refractivity contribution in [2.45, 2.75) is 45.2 Å². The monoisotopic (exact) mass is 379 g/mol. The number of fused-ring (bicyclic) bond motifs is 1. The van der Waals surface area contributed by atoms with Crippen molar-refractivity contribution in [1.82, 2.24) is 25.7 Å². The number of rotatable bonds is 7. The molecule has 6 nitrogen and oxygen atoms in total. The van der Waals surface area contributed by atoms with Gasteiger partial charge >= 0.3 is 0 Å². The molecule has 0 atom stereocenters. The van der Waals surface area contributed by atoms with Crippen molar-refractivity contribution >= 4 is 5.91 Å². The molecule has 28 heavy (non-hydrogen) atoms. The molecule has 1 saturated carbocycles. The molecular weight excluding hydrogens is 350 g/mol. The molecule has 2 heterocycles. The van der Waals surface area contributed by atoms with Gasteiger partial charge in [-0.15, -0.1) is 0 Å². The number of hydrogen-bond acceptors (Lipinski definition) is 5. The Hall–Kier alpha value is -2.31. The Kier molecular flexibility index (Phi) is 5.98. The van der Waals surface area contributed by atoms with Crippen molar-refractivity contribution < 1.29 is 4.79 Å². The lowest BCUT2D eigenvalue weighted by Crippen LogP contribution is -2.43. The number of hydrogen-bond donors (Lipinski definition) is 2. The zero-order chi connectivity index (χ0) is 19.3. The van der Waals surface area contributed by atoms with E-state index < -0.39 is 0 Å². The zero-order valence-electron chi connectivity index (χ0n) is 16.6.